The number of allylic oxidation sites excluding steroid dienone is 6. The molecule has 498 valence electrons. The third-order valence-electron chi connectivity index (χ3n) is 17.4. The molecule has 9 heteroatoms. The van der Waals surface area contributed by atoms with Gasteiger partial charge in [0.2, 0.25) is 5.91 Å². The van der Waals surface area contributed by atoms with Gasteiger partial charge in [0.25, 0.3) is 7.82 Å². The minimum Gasteiger partial charge on any atom is -0.756 e. The van der Waals surface area contributed by atoms with Gasteiger partial charge in [0, 0.05) is 6.42 Å². The Balaban J connectivity index is 3.98. The number of amides is 1. The number of aliphatic hydroxyl groups is 1. The van der Waals surface area contributed by atoms with Gasteiger partial charge in [-0.25, -0.2) is 0 Å². The van der Waals surface area contributed by atoms with Gasteiger partial charge >= 0.3 is 0 Å². The molecule has 3 unspecified atom stereocenters. The number of unbranched alkanes of at least 4 members (excludes halogenated alkanes) is 51. The molecule has 84 heavy (non-hydrogen) atoms. The Hall–Kier alpha value is -1.28. The molecule has 0 aliphatic heterocycles. The third kappa shape index (κ3) is 68.2. The van der Waals surface area contributed by atoms with Gasteiger partial charge in [0.15, 0.2) is 0 Å². The van der Waals surface area contributed by atoms with Crippen LogP contribution in [0.2, 0.25) is 0 Å². The van der Waals surface area contributed by atoms with Crippen LogP contribution >= 0.6 is 7.82 Å². The number of phosphoric ester groups is 1. The SMILES string of the molecule is CCCCCCC/C=C\C/C=C\C/C=C\CCCCCCCCCCCCCCCCCCC(=O)NC(COP(=O)([O-])OCC[N+](C)(C)C)C(O)CCCCCCCCCCCCCCCCCCCCCCCCCCCCCCCCC. The number of nitrogens with one attached hydrogen (secondary N) is 1. The number of aliphatic hydroxyl groups excluding tert-OH is 1. The number of nitrogens with zero attached hydrogens (tertiary/aromatic N) is 1. The van der Waals surface area contributed by atoms with Crippen molar-refractivity contribution in [1.82, 2.24) is 5.32 Å². The number of carbonyl (C=O) groups is 1. The van der Waals surface area contributed by atoms with Crippen molar-refractivity contribution >= 4 is 13.7 Å². The van der Waals surface area contributed by atoms with E-state index in [1.54, 1.807) is 0 Å². The van der Waals surface area contributed by atoms with Gasteiger partial charge in [0.1, 0.15) is 13.2 Å². The molecular formula is C75H147N2O6P. The lowest BCUT2D eigenvalue weighted by atomic mass is 10.0. The van der Waals surface area contributed by atoms with E-state index in [1.165, 1.54) is 308 Å². The fraction of sp³-hybridized carbons (Fsp3) is 0.907. The monoisotopic (exact) mass is 1200 g/mol. The Labute approximate surface area is 525 Å². The predicted octanol–water partition coefficient (Wildman–Crippen LogP) is 23.4. The molecule has 0 aromatic heterocycles. The number of phosphoric acid groups is 1. The number of hydrogen-bond acceptors (Lipinski definition) is 6. The van der Waals surface area contributed by atoms with Crippen LogP contribution in [0.1, 0.15) is 386 Å². The van der Waals surface area contributed by atoms with E-state index in [2.05, 4.69) is 55.6 Å². The second kappa shape index (κ2) is 66.1. The smallest absolute Gasteiger partial charge is 0.268 e. The van der Waals surface area contributed by atoms with E-state index in [1.807, 2.05) is 21.1 Å². The molecule has 0 heterocycles. The second-order valence-corrected chi connectivity index (χ2v) is 28.4. The highest BCUT2D eigenvalue weighted by molar-refractivity contribution is 7.45. The zero-order valence-electron chi connectivity index (χ0n) is 57.1. The van der Waals surface area contributed by atoms with Crippen LogP contribution in [0.25, 0.3) is 0 Å². The van der Waals surface area contributed by atoms with Crippen LogP contribution in [0.3, 0.4) is 0 Å². The summed E-state index contributed by atoms with van der Waals surface area (Å²) in [7, 11) is 1.32. The predicted molar refractivity (Wildman–Crippen MR) is 367 cm³/mol. The van der Waals surface area contributed by atoms with Crippen molar-refractivity contribution in [1.29, 1.82) is 0 Å². The van der Waals surface area contributed by atoms with Gasteiger partial charge in [-0.15, -0.1) is 0 Å². The number of carbonyl (C=O) groups excluding carboxylic acids is 1. The van der Waals surface area contributed by atoms with Gasteiger partial charge in [-0.05, 0) is 51.4 Å². The van der Waals surface area contributed by atoms with E-state index >= 15 is 0 Å². The summed E-state index contributed by atoms with van der Waals surface area (Å²) in [5.74, 6) is -0.158. The summed E-state index contributed by atoms with van der Waals surface area (Å²) in [6, 6.07) is -0.802. The zero-order valence-corrected chi connectivity index (χ0v) is 58.0. The highest BCUT2D eigenvalue weighted by atomic mass is 31.2. The molecule has 0 rings (SSSR count). The summed E-state index contributed by atoms with van der Waals surface area (Å²) >= 11 is 0. The molecule has 0 spiro atoms. The molecule has 0 aromatic carbocycles. The van der Waals surface area contributed by atoms with Crippen LogP contribution in [0, 0.1) is 0 Å². The van der Waals surface area contributed by atoms with E-state index in [9.17, 15) is 19.4 Å². The van der Waals surface area contributed by atoms with Crippen molar-refractivity contribution in [3.8, 4) is 0 Å². The Morgan fingerprint density at radius 3 is 1.00 bits per heavy atom. The highest BCUT2D eigenvalue weighted by Crippen LogP contribution is 2.38. The Bertz CT molecular complexity index is 1460. The fourth-order valence-corrected chi connectivity index (χ4v) is 12.3. The third-order valence-corrected chi connectivity index (χ3v) is 18.3. The minimum atomic E-state index is -4.58. The lowest BCUT2D eigenvalue weighted by Gasteiger charge is -2.30. The van der Waals surface area contributed by atoms with Crippen LogP contribution in [0.15, 0.2) is 36.5 Å². The molecule has 0 radical (unpaired) electrons. The highest BCUT2D eigenvalue weighted by Gasteiger charge is 2.24. The van der Waals surface area contributed by atoms with Crippen molar-refractivity contribution in [3.05, 3.63) is 36.5 Å². The summed E-state index contributed by atoms with van der Waals surface area (Å²) in [4.78, 5) is 25.7. The average molecular weight is 1200 g/mol. The number of likely N-dealkylation sites (N-methyl/N-ethyl adjacent to an activating group) is 1. The van der Waals surface area contributed by atoms with Crippen LogP contribution < -0.4 is 10.2 Å². The number of rotatable bonds is 70. The standard InChI is InChI=1S/C75H147N2O6P/c1-6-8-10-12-14-16-18-20-22-24-26-28-30-32-34-36-38-40-42-44-46-48-50-52-54-56-58-60-62-64-66-68-74(78)73(72-83-84(80,81)82-71-70-77(3,4)5)76-75(79)69-67-65-63-61-59-57-55-53-51-49-47-45-43-41-39-37-35-33-31-29-27-25-23-21-19-17-15-13-11-9-7-2/h19,21,25,27,31,33,73-74,78H,6-18,20,22-24,26,28-30,32,34-72H2,1-5H3,(H-,76,79,80,81)/b21-19-,27-25-,33-31-. The van der Waals surface area contributed by atoms with Crippen molar-refractivity contribution in [3.63, 3.8) is 0 Å². The van der Waals surface area contributed by atoms with E-state index in [-0.39, 0.29) is 19.1 Å². The molecule has 1 amide bonds. The van der Waals surface area contributed by atoms with Gasteiger partial charge in [-0.3, -0.25) is 9.36 Å². The van der Waals surface area contributed by atoms with Crippen LogP contribution in [-0.4, -0.2) is 68.5 Å². The van der Waals surface area contributed by atoms with Crippen LogP contribution in [-0.2, 0) is 18.4 Å². The molecule has 8 nitrogen and oxygen atoms in total. The van der Waals surface area contributed by atoms with E-state index < -0.39 is 20.0 Å². The molecule has 0 fully saturated rings. The first-order valence-electron chi connectivity index (χ1n) is 37.3. The topological polar surface area (TPSA) is 108 Å². The van der Waals surface area contributed by atoms with Crippen LogP contribution in [0.5, 0.6) is 0 Å². The molecule has 0 aliphatic rings. The normalized spacial score (nSPS) is 13.8. The largest absolute Gasteiger partial charge is 0.756 e. The first kappa shape index (κ1) is 82.7. The lowest BCUT2D eigenvalue weighted by Crippen LogP contribution is -2.46. The van der Waals surface area contributed by atoms with Gasteiger partial charge in [0.05, 0.1) is 39.9 Å². The Morgan fingerprint density at radius 2 is 0.690 bits per heavy atom. The van der Waals surface area contributed by atoms with Gasteiger partial charge < -0.3 is 28.8 Å². The summed E-state index contributed by atoms with van der Waals surface area (Å²) in [6.45, 7) is 4.77. The van der Waals surface area contributed by atoms with Crippen molar-refractivity contribution in [2.24, 2.45) is 0 Å². The van der Waals surface area contributed by atoms with E-state index in [0.29, 0.717) is 23.9 Å². The number of hydrogen-bond donors (Lipinski definition) is 2. The molecular weight excluding hydrogens is 1060 g/mol. The molecule has 0 saturated heterocycles. The lowest BCUT2D eigenvalue weighted by molar-refractivity contribution is -0.870. The van der Waals surface area contributed by atoms with Crippen LogP contribution in [0.4, 0.5) is 0 Å². The Morgan fingerprint density at radius 1 is 0.417 bits per heavy atom. The molecule has 0 saturated carbocycles. The minimum absolute atomic E-state index is 0.0138. The molecule has 2 N–H and O–H groups in total. The summed E-state index contributed by atoms with van der Waals surface area (Å²) in [5.41, 5.74) is 0. The van der Waals surface area contributed by atoms with E-state index in [0.717, 1.165) is 51.4 Å². The maximum atomic E-state index is 13.1. The molecule has 0 bridgehead atoms. The quantitative estimate of drug-likeness (QED) is 0.0272. The van der Waals surface area contributed by atoms with Crippen molar-refractivity contribution in [2.45, 2.75) is 398 Å². The summed E-state index contributed by atoms with van der Waals surface area (Å²) < 4.78 is 23.6. The molecule has 3 atom stereocenters. The Kier molecular flexibility index (Phi) is 65.1. The summed E-state index contributed by atoms with van der Waals surface area (Å²) in [5, 5.41) is 14.1. The second-order valence-electron chi connectivity index (χ2n) is 27.0. The zero-order chi connectivity index (χ0) is 61.2. The molecule has 0 aromatic rings. The van der Waals surface area contributed by atoms with Crippen molar-refractivity contribution < 1.29 is 32.9 Å². The first-order valence-corrected chi connectivity index (χ1v) is 38.8. The van der Waals surface area contributed by atoms with E-state index in [4.69, 9.17) is 9.05 Å². The average Bonchev–Trinajstić information content (AvgIpc) is 3.56. The summed E-state index contributed by atoms with van der Waals surface area (Å²) in [6.07, 6.45) is 88.1. The van der Waals surface area contributed by atoms with Gasteiger partial charge in [-0.2, -0.15) is 0 Å². The fourth-order valence-electron chi connectivity index (χ4n) is 11.6. The molecule has 0 aliphatic carbocycles. The maximum Gasteiger partial charge on any atom is 0.268 e. The van der Waals surface area contributed by atoms with Crippen molar-refractivity contribution in [2.75, 3.05) is 40.9 Å². The van der Waals surface area contributed by atoms with Gasteiger partial charge in [-0.1, -0.05) is 365 Å². The maximum absolute atomic E-state index is 13.1. The first-order chi connectivity index (χ1) is 41.0. The number of quaternary nitrogens is 1.